The van der Waals surface area contributed by atoms with Crippen molar-refractivity contribution in [1.82, 2.24) is 0 Å². The molecule has 5 nitrogen and oxygen atoms in total. The molecule has 0 aromatic heterocycles. The maximum Gasteiger partial charge on any atom is 0.261 e. The Morgan fingerprint density at radius 3 is 1.19 bits per heavy atom. The molecule has 1 aliphatic heterocycles. The number of aliphatic hydroxyl groups is 2. The first kappa shape index (κ1) is 38.4. The summed E-state index contributed by atoms with van der Waals surface area (Å²) in [6.45, 7) is 13.1. The fraction of sp³-hybridized carbons (Fsp3) is 0.318. The van der Waals surface area contributed by atoms with Crippen LogP contribution in [0.2, 0.25) is 10.1 Å². The lowest BCUT2D eigenvalue weighted by molar-refractivity contribution is -0.196. The molecule has 0 bridgehead atoms. The largest absolute Gasteiger partial charge is 0.399 e. The van der Waals surface area contributed by atoms with Crippen molar-refractivity contribution in [2.24, 2.45) is 0 Å². The van der Waals surface area contributed by atoms with Gasteiger partial charge in [-0.05, 0) is 43.0 Å². The molecule has 272 valence electrons. The van der Waals surface area contributed by atoms with Gasteiger partial charge in [-0.15, -0.1) is 0 Å². The summed E-state index contributed by atoms with van der Waals surface area (Å²) < 4.78 is 22.5. The van der Waals surface area contributed by atoms with Gasteiger partial charge in [0.1, 0.15) is 29.9 Å². The molecule has 1 fully saturated rings. The van der Waals surface area contributed by atoms with Gasteiger partial charge in [0.05, 0.1) is 6.61 Å². The molecular formula is C44H52O5SSi2. The van der Waals surface area contributed by atoms with Crippen LogP contribution in [0.25, 0.3) is 0 Å². The van der Waals surface area contributed by atoms with E-state index in [-0.39, 0.29) is 16.7 Å². The predicted octanol–water partition coefficient (Wildman–Crippen LogP) is 6.75. The topological polar surface area (TPSA) is 68.2 Å². The number of ether oxygens (including phenoxy) is 1. The number of aliphatic hydroxyl groups excluding tert-OH is 2. The van der Waals surface area contributed by atoms with Gasteiger partial charge < -0.3 is 23.8 Å². The minimum Gasteiger partial charge on any atom is -0.399 e. The maximum absolute atomic E-state index is 12.5. The van der Waals surface area contributed by atoms with E-state index in [9.17, 15) is 10.2 Å². The van der Waals surface area contributed by atoms with Gasteiger partial charge in [0.15, 0.2) is 0 Å². The van der Waals surface area contributed by atoms with Crippen molar-refractivity contribution in [3.63, 3.8) is 0 Å². The monoisotopic (exact) mass is 748 g/mol. The molecule has 1 aliphatic rings. The lowest BCUT2D eigenvalue weighted by Crippen LogP contribution is -2.75. The minimum absolute atomic E-state index is 0.349. The van der Waals surface area contributed by atoms with E-state index in [2.05, 4.69) is 151 Å². The van der Waals surface area contributed by atoms with E-state index in [1.165, 1.54) is 0 Å². The van der Waals surface area contributed by atoms with E-state index >= 15 is 0 Å². The van der Waals surface area contributed by atoms with Crippen LogP contribution in [0, 0.1) is 0 Å². The fourth-order valence-corrected chi connectivity index (χ4v) is 18.4. The molecule has 5 aromatic rings. The van der Waals surface area contributed by atoms with E-state index in [4.69, 9.17) is 13.6 Å². The smallest absolute Gasteiger partial charge is 0.261 e. The molecule has 5 aromatic carbocycles. The Bertz CT molecular complexity index is 1760. The predicted molar refractivity (Wildman–Crippen MR) is 219 cm³/mol. The van der Waals surface area contributed by atoms with Crippen LogP contribution < -0.4 is 20.7 Å². The average molecular weight is 749 g/mol. The van der Waals surface area contributed by atoms with Crippen LogP contribution in [0.5, 0.6) is 0 Å². The summed E-state index contributed by atoms with van der Waals surface area (Å²) in [6.07, 6.45) is -3.66. The summed E-state index contributed by atoms with van der Waals surface area (Å²) in [4.78, 5) is 1.00. The highest BCUT2D eigenvalue weighted by atomic mass is 32.2. The highest BCUT2D eigenvalue weighted by molar-refractivity contribution is 7.99. The van der Waals surface area contributed by atoms with Crippen LogP contribution in [-0.2, 0) is 13.6 Å². The number of thioether (sulfide) groups is 1. The first-order chi connectivity index (χ1) is 24.9. The molecule has 1 heterocycles. The molecule has 1 saturated heterocycles. The van der Waals surface area contributed by atoms with Gasteiger partial charge in [0, 0.05) is 4.90 Å². The summed E-state index contributed by atoms with van der Waals surface area (Å²) in [5.41, 5.74) is -0.618. The molecule has 6 rings (SSSR count). The average Bonchev–Trinajstić information content (AvgIpc) is 3.15. The van der Waals surface area contributed by atoms with E-state index in [0.29, 0.717) is 0 Å². The van der Waals surface area contributed by atoms with Gasteiger partial charge in [0.25, 0.3) is 16.6 Å². The Labute approximate surface area is 316 Å². The third-order valence-electron chi connectivity index (χ3n) is 10.3. The maximum atomic E-state index is 12.5. The molecule has 0 aliphatic carbocycles. The Kier molecular flexibility index (Phi) is 11.8. The van der Waals surface area contributed by atoms with E-state index in [0.717, 1.165) is 25.6 Å². The first-order valence-corrected chi connectivity index (χ1v) is 22.9. The van der Waals surface area contributed by atoms with Crippen molar-refractivity contribution in [3.05, 3.63) is 152 Å². The third-order valence-corrected chi connectivity index (χ3v) is 21.5. The van der Waals surface area contributed by atoms with E-state index in [1.807, 2.05) is 42.5 Å². The quantitative estimate of drug-likeness (QED) is 0.146. The molecule has 0 unspecified atom stereocenters. The highest BCUT2D eigenvalue weighted by Crippen LogP contribution is 2.45. The molecule has 0 amide bonds. The Balaban J connectivity index is 1.62. The van der Waals surface area contributed by atoms with Crippen LogP contribution in [0.4, 0.5) is 0 Å². The van der Waals surface area contributed by atoms with Gasteiger partial charge >= 0.3 is 0 Å². The second kappa shape index (κ2) is 16.0. The van der Waals surface area contributed by atoms with Crippen LogP contribution in [0.15, 0.2) is 157 Å². The molecule has 2 N–H and O–H groups in total. The summed E-state index contributed by atoms with van der Waals surface area (Å²) in [5.74, 6) is 0. The molecule has 0 radical (unpaired) electrons. The van der Waals surface area contributed by atoms with Crippen molar-refractivity contribution in [2.45, 2.75) is 86.4 Å². The zero-order valence-electron chi connectivity index (χ0n) is 31.1. The van der Waals surface area contributed by atoms with Gasteiger partial charge in [-0.3, -0.25) is 0 Å². The molecule has 5 atom stereocenters. The molecule has 0 spiro atoms. The normalized spacial score (nSPS) is 21.5. The van der Waals surface area contributed by atoms with E-state index < -0.39 is 46.5 Å². The lowest BCUT2D eigenvalue weighted by atomic mass is 10.0. The van der Waals surface area contributed by atoms with Gasteiger partial charge in [0.2, 0.25) is 0 Å². The fourth-order valence-electron chi connectivity index (χ4n) is 7.82. The number of rotatable bonds is 11. The van der Waals surface area contributed by atoms with Gasteiger partial charge in [-0.25, -0.2) is 0 Å². The van der Waals surface area contributed by atoms with Crippen molar-refractivity contribution in [2.75, 3.05) is 6.61 Å². The lowest BCUT2D eigenvalue weighted by Gasteiger charge is -2.54. The standard InChI is InChI=1S/C44H52O5SSi2/c1-43(2,3)51(34-24-14-8-15-25-34,35-26-16-9-17-27-35)48-40-39(46)38(32-45)47-42(50-33-22-12-7-13-23-33)41(40)49-52(44(4,5)6,36-28-18-10-19-29-36)37-30-20-11-21-31-37/h7-31,38-42,45-46H,32H2,1-6H3/t38-,39-,40+,41-,42+/m1/s1. The summed E-state index contributed by atoms with van der Waals surface area (Å²) >= 11 is 1.55. The SMILES string of the molecule is CC(C)(C)[Si](O[C@@H]1[C@@H](O[Si](c2ccccc2)(c2ccccc2)C(C)(C)C)[C@H](O)[C@@H](CO)O[C@H]1Sc1ccccc1)(c1ccccc1)c1ccccc1. The highest BCUT2D eigenvalue weighted by Gasteiger charge is 2.60. The Morgan fingerprint density at radius 1 is 0.538 bits per heavy atom. The Morgan fingerprint density at radius 2 is 0.865 bits per heavy atom. The zero-order chi connectivity index (χ0) is 37.0. The van der Waals surface area contributed by atoms with Crippen LogP contribution >= 0.6 is 11.8 Å². The summed E-state index contributed by atoms with van der Waals surface area (Å²) in [7, 11) is -6.45. The second-order valence-corrected chi connectivity index (χ2v) is 25.3. The molecule has 8 heteroatoms. The minimum atomic E-state index is -3.24. The zero-order valence-corrected chi connectivity index (χ0v) is 33.9. The number of benzene rings is 5. The number of hydrogen-bond donors (Lipinski definition) is 2. The van der Waals surface area contributed by atoms with E-state index in [1.54, 1.807) is 11.8 Å². The van der Waals surface area contributed by atoms with Gasteiger partial charge in [-0.2, -0.15) is 0 Å². The van der Waals surface area contributed by atoms with Crippen LogP contribution in [-0.4, -0.2) is 63.3 Å². The molecule has 52 heavy (non-hydrogen) atoms. The van der Waals surface area contributed by atoms with Crippen molar-refractivity contribution in [1.29, 1.82) is 0 Å². The summed E-state index contributed by atoms with van der Waals surface area (Å²) in [5, 5.41) is 27.0. The van der Waals surface area contributed by atoms with Crippen molar-refractivity contribution < 1.29 is 23.8 Å². The van der Waals surface area contributed by atoms with Crippen molar-refractivity contribution in [3.8, 4) is 0 Å². The molecule has 0 saturated carbocycles. The first-order valence-electron chi connectivity index (χ1n) is 18.2. The van der Waals surface area contributed by atoms with Crippen LogP contribution in [0.3, 0.4) is 0 Å². The van der Waals surface area contributed by atoms with Gasteiger partial charge in [-0.1, -0.05) is 193 Å². The van der Waals surface area contributed by atoms with Crippen LogP contribution in [0.1, 0.15) is 41.5 Å². The number of hydrogen-bond acceptors (Lipinski definition) is 6. The van der Waals surface area contributed by atoms with Crippen molar-refractivity contribution >= 4 is 49.1 Å². The summed E-state index contributed by atoms with van der Waals surface area (Å²) in [6, 6.07) is 52.2. The third kappa shape index (κ3) is 7.41. The second-order valence-electron chi connectivity index (χ2n) is 15.6. The molecular weight excluding hydrogens is 697 g/mol. The Hall–Kier alpha value is -3.32.